The smallest absolute Gasteiger partial charge is 0.238 e. The molecule has 0 aliphatic carbocycles. The topological polar surface area (TPSA) is 46.8 Å². The summed E-state index contributed by atoms with van der Waals surface area (Å²) in [6.45, 7) is 2.02. The van der Waals surface area contributed by atoms with Gasteiger partial charge in [0.25, 0.3) is 0 Å². The maximum atomic E-state index is 5.99. The minimum Gasteiger partial charge on any atom is -0.344 e. The van der Waals surface area contributed by atoms with Crippen LogP contribution in [-0.2, 0) is 0 Å². The summed E-state index contributed by atoms with van der Waals surface area (Å²) in [6, 6.07) is 51.9. The van der Waals surface area contributed by atoms with E-state index in [0.29, 0.717) is 17.6 Å². The quantitative estimate of drug-likeness (QED) is 0.119. The Labute approximate surface area is 303 Å². The summed E-state index contributed by atoms with van der Waals surface area (Å²) < 4.78 is 2.19. The fourth-order valence-electron chi connectivity index (χ4n) is 6.95. The van der Waals surface area contributed by atoms with Crippen molar-refractivity contribution in [2.24, 2.45) is 0 Å². The molecule has 0 atom stereocenters. The molecular weight excluding hydrogens is 635 g/mol. The van der Waals surface area contributed by atoms with Crippen LogP contribution in [0.3, 0.4) is 0 Å². The highest BCUT2D eigenvalue weighted by Gasteiger charge is 2.23. The average molecular weight is 670 g/mol. The van der Waals surface area contributed by atoms with E-state index in [4.69, 9.17) is 21.4 Å². The van der Waals surface area contributed by atoms with E-state index in [1.54, 1.807) is 0 Å². The lowest BCUT2D eigenvalue weighted by molar-refractivity contribution is 0.954. The molecular formula is C47H35N5. The molecule has 0 amide bonds. The predicted molar refractivity (Wildman–Crippen MR) is 217 cm³/mol. The van der Waals surface area contributed by atoms with E-state index in [1.807, 2.05) is 85.8 Å². The number of para-hydroxylation sites is 3. The Bertz CT molecular complexity index is 2590. The number of benzene rings is 6. The third kappa shape index (κ3) is 5.83. The second kappa shape index (κ2) is 14.1. The van der Waals surface area contributed by atoms with Gasteiger partial charge in [0.1, 0.15) is 0 Å². The van der Waals surface area contributed by atoms with Gasteiger partial charge in [-0.1, -0.05) is 145 Å². The lowest BCUT2D eigenvalue weighted by Gasteiger charge is -2.25. The Kier molecular flexibility index (Phi) is 8.71. The lowest BCUT2D eigenvalue weighted by Crippen LogP contribution is -2.12. The lowest BCUT2D eigenvalue weighted by atomic mass is 9.90. The second-order valence-electron chi connectivity index (χ2n) is 12.4. The predicted octanol–water partition coefficient (Wildman–Crippen LogP) is 11.3. The molecule has 2 aromatic heterocycles. The van der Waals surface area contributed by atoms with Gasteiger partial charge in [-0.25, -0.2) is 4.98 Å². The van der Waals surface area contributed by atoms with E-state index in [2.05, 4.69) is 113 Å². The fraction of sp³-hybridized carbons (Fsp3) is 0.0426. The van der Waals surface area contributed by atoms with Crippen LogP contribution >= 0.6 is 0 Å². The molecule has 0 aliphatic rings. The summed E-state index contributed by atoms with van der Waals surface area (Å²) in [7, 11) is 2.10. The number of nitrogens with zero attached hydrogens (tertiary/aromatic N) is 5. The Balaban J connectivity index is 1.48. The van der Waals surface area contributed by atoms with Crippen LogP contribution in [-0.4, -0.2) is 26.6 Å². The van der Waals surface area contributed by atoms with Crippen LogP contribution in [0.1, 0.15) is 12.5 Å². The first kappa shape index (κ1) is 32.2. The number of anilines is 2. The number of rotatable bonds is 8. The molecule has 8 rings (SSSR count). The van der Waals surface area contributed by atoms with Gasteiger partial charge in [0.15, 0.2) is 11.6 Å². The Hall–Kier alpha value is -7.03. The molecule has 52 heavy (non-hydrogen) atoms. The van der Waals surface area contributed by atoms with Crippen LogP contribution in [0.25, 0.3) is 67.2 Å². The highest BCUT2D eigenvalue weighted by molar-refractivity contribution is 6.14. The summed E-state index contributed by atoms with van der Waals surface area (Å²) in [5, 5.41) is 2.20. The minimum absolute atomic E-state index is 0.540. The Morgan fingerprint density at radius 3 is 1.87 bits per heavy atom. The highest BCUT2D eigenvalue weighted by Crippen LogP contribution is 2.44. The molecule has 0 bridgehead atoms. The van der Waals surface area contributed by atoms with Gasteiger partial charge in [0.2, 0.25) is 5.95 Å². The SMILES string of the molecule is C#C/C=C(\C=C/C)c1c(-c2cccc3c4ccccc4n(-c4nc(-c5ccccc5)nc(-c5ccccc5)n4)c23)cccc1N(C)c1ccccc1. The van der Waals surface area contributed by atoms with Gasteiger partial charge in [-0.15, -0.1) is 6.42 Å². The average Bonchev–Trinajstić information content (AvgIpc) is 3.56. The normalized spacial score (nSPS) is 11.7. The second-order valence-corrected chi connectivity index (χ2v) is 12.4. The van der Waals surface area contributed by atoms with Crippen molar-refractivity contribution in [1.82, 2.24) is 19.5 Å². The van der Waals surface area contributed by atoms with Crippen molar-refractivity contribution in [2.75, 3.05) is 11.9 Å². The molecule has 0 unspecified atom stereocenters. The molecule has 0 spiro atoms. The van der Waals surface area contributed by atoms with Crippen molar-refractivity contribution < 1.29 is 0 Å². The summed E-state index contributed by atoms with van der Waals surface area (Å²) in [5.74, 6) is 4.56. The Morgan fingerprint density at radius 1 is 0.635 bits per heavy atom. The third-order valence-corrected chi connectivity index (χ3v) is 9.29. The van der Waals surface area contributed by atoms with E-state index < -0.39 is 0 Å². The van der Waals surface area contributed by atoms with Gasteiger partial charge in [0, 0.05) is 51.4 Å². The van der Waals surface area contributed by atoms with E-state index in [1.165, 1.54) is 0 Å². The van der Waals surface area contributed by atoms with Crippen LogP contribution in [0.4, 0.5) is 11.4 Å². The molecule has 0 saturated heterocycles. The zero-order chi connectivity index (χ0) is 35.4. The molecule has 6 aromatic carbocycles. The Morgan fingerprint density at radius 2 is 1.21 bits per heavy atom. The summed E-state index contributed by atoms with van der Waals surface area (Å²) in [5.41, 5.74) is 9.96. The molecule has 0 aliphatic heterocycles. The molecule has 0 radical (unpaired) electrons. The van der Waals surface area contributed by atoms with Crippen molar-refractivity contribution >= 4 is 38.8 Å². The van der Waals surface area contributed by atoms with Crippen molar-refractivity contribution in [1.29, 1.82) is 0 Å². The molecule has 248 valence electrons. The van der Waals surface area contributed by atoms with Gasteiger partial charge in [-0.3, -0.25) is 4.57 Å². The molecule has 0 fully saturated rings. The standard InChI is InChI=1S/C47H35N5/c1-4-19-33(20-5-2)43-38(28-18-32-42(43)51(3)36-25-13-8-14-26-36)40-30-17-29-39-37-27-15-16-31-41(37)52(44(39)40)47-49-45(34-21-9-6-10-22-34)48-46(50-47)35-23-11-7-12-24-35/h1,5-32H,2-3H3/b20-5-,33-19+. The largest absolute Gasteiger partial charge is 0.344 e. The molecule has 0 N–H and O–H groups in total. The summed E-state index contributed by atoms with van der Waals surface area (Å²) in [6.07, 6.45) is 12.0. The summed E-state index contributed by atoms with van der Waals surface area (Å²) >= 11 is 0. The summed E-state index contributed by atoms with van der Waals surface area (Å²) in [4.78, 5) is 17.6. The van der Waals surface area contributed by atoms with Crippen molar-refractivity contribution in [3.63, 3.8) is 0 Å². The van der Waals surface area contributed by atoms with Crippen molar-refractivity contribution in [3.8, 4) is 52.2 Å². The maximum absolute atomic E-state index is 5.99. The number of allylic oxidation sites excluding steroid dienone is 4. The van der Waals surface area contributed by atoms with Crippen LogP contribution in [0.2, 0.25) is 0 Å². The van der Waals surface area contributed by atoms with Crippen molar-refractivity contribution in [3.05, 3.63) is 175 Å². The van der Waals surface area contributed by atoms with E-state index >= 15 is 0 Å². The first-order valence-corrected chi connectivity index (χ1v) is 17.3. The first-order valence-electron chi connectivity index (χ1n) is 17.3. The van der Waals surface area contributed by atoms with Crippen LogP contribution < -0.4 is 4.90 Å². The third-order valence-electron chi connectivity index (χ3n) is 9.29. The van der Waals surface area contributed by atoms with E-state index in [-0.39, 0.29) is 0 Å². The zero-order valence-electron chi connectivity index (χ0n) is 29.0. The van der Waals surface area contributed by atoms with Crippen LogP contribution in [0.5, 0.6) is 0 Å². The monoisotopic (exact) mass is 669 g/mol. The van der Waals surface area contributed by atoms with Crippen molar-refractivity contribution in [2.45, 2.75) is 6.92 Å². The molecule has 0 saturated carbocycles. The minimum atomic E-state index is 0.540. The van der Waals surface area contributed by atoms with E-state index in [9.17, 15) is 0 Å². The number of aromatic nitrogens is 4. The molecule has 5 nitrogen and oxygen atoms in total. The molecule has 5 heteroatoms. The number of fused-ring (bicyclic) bond motifs is 3. The van der Waals surface area contributed by atoms with Gasteiger partial charge < -0.3 is 4.90 Å². The number of hydrogen-bond donors (Lipinski definition) is 0. The van der Waals surface area contributed by atoms with E-state index in [0.717, 1.165) is 66.6 Å². The van der Waals surface area contributed by atoms with Gasteiger partial charge >= 0.3 is 0 Å². The number of hydrogen-bond acceptors (Lipinski definition) is 4. The van der Waals surface area contributed by atoms with Gasteiger partial charge in [-0.2, -0.15) is 9.97 Å². The van der Waals surface area contributed by atoms with Crippen LogP contribution in [0.15, 0.2) is 170 Å². The zero-order valence-corrected chi connectivity index (χ0v) is 29.0. The first-order chi connectivity index (χ1) is 25.7. The number of terminal acetylenes is 1. The molecule has 2 heterocycles. The van der Waals surface area contributed by atoms with Gasteiger partial charge in [0.05, 0.1) is 11.0 Å². The highest BCUT2D eigenvalue weighted by atomic mass is 15.2. The van der Waals surface area contributed by atoms with Crippen LogP contribution in [0, 0.1) is 12.3 Å². The maximum Gasteiger partial charge on any atom is 0.238 e. The molecule has 8 aromatic rings. The van der Waals surface area contributed by atoms with Gasteiger partial charge in [-0.05, 0) is 48.4 Å². The fourth-order valence-corrected chi connectivity index (χ4v) is 6.95.